The molecule has 1 aliphatic heterocycles. The number of aromatic nitrogens is 3. The molecular formula is C40H62FN6O7P. The fraction of sp³-hybridized carbons (Fsp3) is 0.675. The molecule has 3 heterocycles. The number of ether oxygens (including phenoxy) is 3. The van der Waals surface area contributed by atoms with E-state index in [0.717, 1.165) is 25.0 Å². The third-order valence-corrected chi connectivity index (χ3v) is 11.0. The lowest BCUT2D eigenvalue weighted by molar-refractivity contribution is -0.0772. The fourth-order valence-corrected chi connectivity index (χ4v) is 7.60. The van der Waals surface area contributed by atoms with Gasteiger partial charge in [-0.2, -0.15) is 10.4 Å². The number of phosphoric ester groups is 1. The van der Waals surface area contributed by atoms with Gasteiger partial charge in [0.25, 0.3) is 0 Å². The van der Waals surface area contributed by atoms with E-state index in [4.69, 9.17) is 34.7 Å². The number of hydrogen-bond acceptors (Lipinski definition) is 11. The summed E-state index contributed by atoms with van der Waals surface area (Å²) in [6.07, 6.45) is 21.3. The molecule has 306 valence electrons. The zero-order valence-corrected chi connectivity index (χ0v) is 33.4. The fourth-order valence-electron chi connectivity index (χ4n) is 6.79. The maximum absolute atomic E-state index is 14.5. The summed E-state index contributed by atoms with van der Waals surface area (Å²) in [5.41, 5.74) is 12.8. The van der Waals surface area contributed by atoms with Crippen LogP contribution in [0, 0.1) is 17.1 Å². The van der Waals surface area contributed by atoms with Gasteiger partial charge in [-0.1, -0.05) is 103 Å². The number of nitrogens with zero attached hydrogens (tertiary/aromatic N) is 4. The van der Waals surface area contributed by atoms with Crippen LogP contribution in [0.3, 0.4) is 0 Å². The van der Waals surface area contributed by atoms with Crippen molar-refractivity contribution in [1.29, 1.82) is 5.26 Å². The zero-order valence-electron chi connectivity index (χ0n) is 32.5. The van der Waals surface area contributed by atoms with Gasteiger partial charge in [0, 0.05) is 12.2 Å². The van der Waals surface area contributed by atoms with E-state index in [1.807, 2.05) is 12.1 Å². The van der Waals surface area contributed by atoms with Gasteiger partial charge in [-0.05, 0) is 49.6 Å². The van der Waals surface area contributed by atoms with Crippen LogP contribution in [0.5, 0.6) is 0 Å². The molecule has 1 fully saturated rings. The Labute approximate surface area is 325 Å². The second kappa shape index (κ2) is 23.9. The third kappa shape index (κ3) is 15.8. The number of rotatable bonds is 29. The molecule has 3 aromatic rings. The van der Waals surface area contributed by atoms with Crippen LogP contribution in [-0.2, 0) is 34.4 Å². The molecule has 0 spiro atoms. The number of nitriles is 1. The number of phosphoric acid groups is 1. The van der Waals surface area contributed by atoms with Crippen molar-refractivity contribution >= 4 is 19.2 Å². The maximum Gasteiger partial charge on any atom is 0.472 e. The second-order valence-electron chi connectivity index (χ2n) is 14.7. The Hall–Kier alpha value is -2.99. The number of unbranched alkanes of at least 4 members (excludes halogenated alkanes) is 15. The van der Waals surface area contributed by atoms with Crippen molar-refractivity contribution in [3.63, 3.8) is 0 Å². The number of halogens is 1. The molecule has 4 rings (SSSR count). The highest BCUT2D eigenvalue weighted by Gasteiger charge is 2.41. The molecule has 4 atom stereocenters. The van der Waals surface area contributed by atoms with Crippen molar-refractivity contribution in [1.82, 2.24) is 14.6 Å². The molecular weight excluding hydrogens is 726 g/mol. The summed E-state index contributed by atoms with van der Waals surface area (Å²) in [7, 11) is -4.62. The largest absolute Gasteiger partial charge is 0.472 e. The summed E-state index contributed by atoms with van der Waals surface area (Å²) in [5.74, 6) is -0.204. The molecule has 0 amide bonds. The molecule has 13 nitrogen and oxygen atoms in total. The summed E-state index contributed by atoms with van der Waals surface area (Å²) in [5, 5.41) is 13.5. The molecule has 0 aliphatic carbocycles. The van der Waals surface area contributed by atoms with Gasteiger partial charge in [-0.25, -0.2) is 18.5 Å². The Morgan fingerprint density at radius 3 is 2.31 bits per heavy atom. The lowest BCUT2D eigenvalue weighted by atomic mass is 10.0. The van der Waals surface area contributed by atoms with Gasteiger partial charge in [-0.3, -0.25) is 9.05 Å². The SMILES string of the molecule is CCCCCCCCCCCCCCCCCCOC[C@H](COP(=O)(O)OC[C@]1(N)CC[C@H](c2ccc3c(N)ncnn23)O1)OCc1cc(C#N)ccc1F. The van der Waals surface area contributed by atoms with E-state index in [1.165, 1.54) is 108 Å². The predicted octanol–water partition coefficient (Wildman–Crippen LogP) is 8.83. The Bertz CT molecular complexity index is 1660. The first-order chi connectivity index (χ1) is 26.6. The van der Waals surface area contributed by atoms with Crippen LogP contribution in [-0.4, -0.2) is 57.7 Å². The molecule has 0 radical (unpaired) electrons. The van der Waals surface area contributed by atoms with Crippen LogP contribution >= 0.6 is 7.82 Å². The first kappa shape index (κ1) is 44.7. The van der Waals surface area contributed by atoms with E-state index in [0.29, 0.717) is 30.8 Å². The van der Waals surface area contributed by atoms with E-state index in [1.54, 1.807) is 10.6 Å². The standard InChI is InChI=1S/C40H62FN6O7P/c1-2-3-4-5-6-7-8-9-10-11-12-13-14-15-16-17-24-50-28-34(51-27-33-25-32(26-42)18-19-35(33)41)29-52-55(48,49)53-30-40(44)23-22-38(54-40)36-20-21-37-39(43)45-31-46-47(36)37/h18-21,25,31,34,38H,2-17,22-24,27-30,44H2,1H3,(H,48,49)(H2,43,45,46)/t34-,38-,40+/m1/s1. The van der Waals surface area contributed by atoms with Crippen LogP contribution in [0.4, 0.5) is 10.2 Å². The highest BCUT2D eigenvalue weighted by atomic mass is 31.2. The highest BCUT2D eigenvalue weighted by molar-refractivity contribution is 7.47. The van der Waals surface area contributed by atoms with Crippen LogP contribution in [0.15, 0.2) is 36.7 Å². The van der Waals surface area contributed by atoms with Crippen molar-refractivity contribution in [2.24, 2.45) is 5.73 Å². The average molecular weight is 789 g/mol. The molecule has 1 aliphatic rings. The number of benzene rings is 1. The van der Waals surface area contributed by atoms with Crippen molar-refractivity contribution in [2.75, 3.05) is 32.2 Å². The normalized spacial score (nSPS) is 18.8. The molecule has 5 N–H and O–H groups in total. The number of nitrogens with two attached hydrogens (primary N) is 2. The minimum Gasteiger partial charge on any atom is -0.382 e. The van der Waals surface area contributed by atoms with E-state index >= 15 is 0 Å². The van der Waals surface area contributed by atoms with Gasteiger partial charge < -0.3 is 30.6 Å². The van der Waals surface area contributed by atoms with Gasteiger partial charge in [0.05, 0.1) is 37.1 Å². The number of nitrogen functional groups attached to an aromatic ring is 1. The van der Waals surface area contributed by atoms with Gasteiger partial charge in [0.1, 0.15) is 42.2 Å². The van der Waals surface area contributed by atoms with Gasteiger partial charge in [0.2, 0.25) is 0 Å². The molecule has 15 heteroatoms. The van der Waals surface area contributed by atoms with Crippen LogP contribution in [0.25, 0.3) is 5.52 Å². The van der Waals surface area contributed by atoms with E-state index < -0.39 is 38.2 Å². The van der Waals surface area contributed by atoms with Gasteiger partial charge in [0.15, 0.2) is 5.82 Å². The minimum absolute atomic E-state index is 0.0449. The minimum atomic E-state index is -4.62. The zero-order chi connectivity index (χ0) is 39.4. The number of anilines is 1. The summed E-state index contributed by atoms with van der Waals surface area (Å²) >= 11 is 0. The molecule has 0 bridgehead atoms. The monoisotopic (exact) mass is 788 g/mol. The molecule has 1 aromatic carbocycles. The van der Waals surface area contributed by atoms with Gasteiger partial charge in [-0.15, -0.1) is 0 Å². The van der Waals surface area contributed by atoms with Crippen molar-refractivity contribution in [2.45, 2.75) is 147 Å². The van der Waals surface area contributed by atoms with Crippen molar-refractivity contribution in [3.8, 4) is 6.07 Å². The average Bonchev–Trinajstić information content (AvgIpc) is 3.79. The molecule has 55 heavy (non-hydrogen) atoms. The first-order valence-corrected chi connectivity index (χ1v) is 21.7. The lowest BCUT2D eigenvalue weighted by Gasteiger charge is -2.26. The molecule has 2 aromatic heterocycles. The lowest BCUT2D eigenvalue weighted by Crippen LogP contribution is -2.43. The van der Waals surface area contributed by atoms with Crippen LogP contribution in [0.2, 0.25) is 0 Å². The summed E-state index contributed by atoms with van der Waals surface area (Å²) < 4.78 is 57.5. The first-order valence-electron chi connectivity index (χ1n) is 20.2. The van der Waals surface area contributed by atoms with Crippen molar-refractivity contribution in [3.05, 3.63) is 59.3 Å². The van der Waals surface area contributed by atoms with Gasteiger partial charge >= 0.3 is 7.82 Å². The number of fused-ring (bicyclic) bond motifs is 1. The molecule has 1 saturated heterocycles. The molecule has 0 saturated carbocycles. The summed E-state index contributed by atoms with van der Waals surface area (Å²) in [6, 6.07) is 9.58. The van der Waals surface area contributed by atoms with Crippen LogP contribution in [0.1, 0.15) is 145 Å². The topological polar surface area (TPSA) is 189 Å². The van der Waals surface area contributed by atoms with Crippen LogP contribution < -0.4 is 11.5 Å². The second-order valence-corrected chi connectivity index (χ2v) is 16.1. The quantitative estimate of drug-likeness (QED) is 0.0448. The Morgan fingerprint density at radius 1 is 1.00 bits per heavy atom. The maximum atomic E-state index is 14.5. The Balaban J connectivity index is 1.15. The predicted molar refractivity (Wildman–Crippen MR) is 209 cm³/mol. The van der Waals surface area contributed by atoms with Crippen molar-refractivity contribution < 1.29 is 37.1 Å². The Kier molecular flexibility index (Phi) is 19.5. The number of hydrogen-bond donors (Lipinski definition) is 3. The van der Waals surface area contributed by atoms with E-state index in [-0.39, 0.29) is 30.9 Å². The summed E-state index contributed by atoms with van der Waals surface area (Å²) in [4.78, 5) is 14.6. The highest BCUT2D eigenvalue weighted by Crippen LogP contribution is 2.46. The van der Waals surface area contributed by atoms with E-state index in [9.17, 15) is 19.1 Å². The van der Waals surface area contributed by atoms with E-state index in [2.05, 4.69) is 17.0 Å². The third-order valence-electron chi connectivity index (χ3n) is 10.0. The molecule has 1 unspecified atom stereocenters. The summed E-state index contributed by atoms with van der Waals surface area (Å²) in [6.45, 7) is 1.81. The smallest absolute Gasteiger partial charge is 0.382 e. The Morgan fingerprint density at radius 2 is 1.65 bits per heavy atom.